The predicted molar refractivity (Wildman–Crippen MR) is 117 cm³/mol. The highest BCUT2D eigenvalue weighted by Gasteiger charge is 2.29. The number of imidazole rings is 1. The van der Waals surface area contributed by atoms with Gasteiger partial charge in [0.05, 0.1) is 24.3 Å². The first-order valence-corrected chi connectivity index (χ1v) is 10.3. The normalized spacial score (nSPS) is 14.2. The van der Waals surface area contributed by atoms with Crippen LogP contribution in [0.5, 0.6) is 5.75 Å². The van der Waals surface area contributed by atoms with E-state index >= 15 is 0 Å². The van der Waals surface area contributed by atoms with E-state index in [9.17, 15) is 10.1 Å². The van der Waals surface area contributed by atoms with Crippen LogP contribution in [-0.2, 0) is 10.2 Å². The molecule has 1 aliphatic rings. The molecule has 1 amide bonds. The molecule has 0 aliphatic heterocycles. The molecule has 4 rings (SSSR count). The Morgan fingerprint density at radius 1 is 1.30 bits per heavy atom. The minimum atomic E-state index is -0.301. The summed E-state index contributed by atoms with van der Waals surface area (Å²) in [5.74, 6) is 0.985. The molecule has 1 aromatic heterocycles. The summed E-state index contributed by atoms with van der Waals surface area (Å²) in [4.78, 5) is 17.7. The molecule has 0 radical (unpaired) electrons. The Morgan fingerprint density at radius 3 is 2.63 bits per heavy atom. The van der Waals surface area contributed by atoms with Crippen molar-refractivity contribution < 1.29 is 9.53 Å². The molecule has 6 heteroatoms. The molecule has 0 bridgehead atoms. The Hall–Kier alpha value is -3.33. The first kappa shape index (κ1) is 20.0. The molecule has 3 aromatic rings. The molecule has 0 saturated heterocycles. The lowest BCUT2D eigenvalue weighted by Gasteiger charge is -2.29. The van der Waals surface area contributed by atoms with Crippen LogP contribution in [0.15, 0.2) is 42.5 Å². The number of hydrogen-bond donors (Lipinski definition) is 1. The van der Waals surface area contributed by atoms with Crippen molar-refractivity contribution in [2.45, 2.75) is 51.0 Å². The van der Waals surface area contributed by atoms with E-state index in [0.717, 1.165) is 30.3 Å². The van der Waals surface area contributed by atoms with Crippen LogP contribution in [0.3, 0.4) is 0 Å². The number of carbonyl (C=O) groups is 1. The van der Waals surface area contributed by atoms with E-state index in [4.69, 9.17) is 9.72 Å². The van der Waals surface area contributed by atoms with Gasteiger partial charge in [-0.2, -0.15) is 5.26 Å². The molecule has 6 nitrogen and oxygen atoms in total. The van der Waals surface area contributed by atoms with Crippen LogP contribution in [0, 0.1) is 11.3 Å². The number of anilines is 1. The third-order valence-electron chi connectivity index (χ3n) is 5.96. The number of ether oxygens (including phenoxy) is 1. The van der Waals surface area contributed by atoms with Crippen LogP contribution < -0.4 is 10.1 Å². The van der Waals surface area contributed by atoms with Gasteiger partial charge in [0.15, 0.2) is 0 Å². The van der Waals surface area contributed by atoms with Crippen molar-refractivity contribution in [3.05, 3.63) is 53.6 Å². The smallest absolute Gasteiger partial charge is 0.227 e. The fraction of sp³-hybridized carbons (Fsp3) is 0.375. The maximum absolute atomic E-state index is 13.0. The lowest BCUT2D eigenvalue weighted by molar-refractivity contribution is -0.117. The Kier molecular flexibility index (Phi) is 5.21. The summed E-state index contributed by atoms with van der Waals surface area (Å²) in [6.07, 6.45) is 3.55. The van der Waals surface area contributed by atoms with Crippen molar-refractivity contribution in [2.75, 3.05) is 12.4 Å². The van der Waals surface area contributed by atoms with Crippen LogP contribution in [0.25, 0.3) is 11.0 Å². The Balaban J connectivity index is 1.68. The van der Waals surface area contributed by atoms with Gasteiger partial charge in [-0.25, -0.2) is 4.98 Å². The molecule has 0 unspecified atom stereocenters. The molecule has 1 heterocycles. The van der Waals surface area contributed by atoms with Gasteiger partial charge in [0.2, 0.25) is 11.9 Å². The third kappa shape index (κ3) is 3.63. The number of nitrogens with zero attached hydrogens (tertiary/aromatic N) is 3. The summed E-state index contributed by atoms with van der Waals surface area (Å²) in [6.45, 7) is 4.14. The van der Waals surface area contributed by atoms with Crippen molar-refractivity contribution in [1.29, 1.82) is 5.26 Å². The number of amides is 1. The molecule has 0 spiro atoms. The van der Waals surface area contributed by atoms with Crippen molar-refractivity contribution in [1.82, 2.24) is 9.55 Å². The van der Waals surface area contributed by atoms with E-state index in [1.54, 1.807) is 13.2 Å². The molecule has 1 saturated carbocycles. The van der Waals surface area contributed by atoms with Gasteiger partial charge in [0.25, 0.3) is 0 Å². The number of methoxy groups -OCH3 is 1. The van der Waals surface area contributed by atoms with Gasteiger partial charge in [-0.05, 0) is 36.3 Å². The van der Waals surface area contributed by atoms with Gasteiger partial charge >= 0.3 is 0 Å². The SMILES string of the molecule is COc1cc(C#N)cc2c1nc(NC(=O)CC(C)(C)c1ccccc1)n2C1CCC1. The molecular weight excluding hydrogens is 376 g/mol. The molecule has 30 heavy (non-hydrogen) atoms. The van der Waals surface area contributed by atoms with Gasteiger partial charge in [0.1, 0.15) is 11.3 Å². The number of fused-ring (bicyclic) bond motifs is 1. The van der Waals surface area contributed by atoms with Gasteiger partial charge in [0, 0.05) is 18.5 Å². The van der Waals surface area contributed by atoms with Gasteiger partial charge in [-0.3, -0.25) is 10.1 Å². The largest absolute Gasteiger partial charge is 0.494 e. The van der Waals surface area contributed by atoms with E-state index in [1.165, 1.54) is 0 Å². The number of nitrogens with one attached hydrogen (secondary N) is 1. The Morgan fingerprint density at radius 2 is 2.03 bits per heavy atom. The fourth-order valence-electron chi connectivity index (χ4n) is 4.05. The van der Waals surface area contributed by atoms with E-state index in [2.05, 4.69) is 29.8 Å². The molecule has 1 N–H and O–H groups in total. The lowest BCUT2D eigenvalue weighted by atomic mass is 9.81. The number of rotatable bonds is 6. The molecular formula is C24H26N4O2. The van der Waals surface area contributed by atoms with Crippen LogP contribution >= 0.6 is 0 Å². The third-order valence-corrected chi connectivity index (χ3v) is 5.96. The minimum absolute atomic E-state index is 0.0841. The van der Waals surface area contributed by atoms with Crippen molar-refractivity contribution >= 4 is 22.9 Å². The second kappa shape index (κ2) is 7.83. The molecule has 1 aliphatic carbocycles. The zero-order valence-electron chi connectivity index (χ0n) is 17.6. The summed E-state index contributed by atoms with van der Waals surface area (Å²) in [5, 5.41) is 12.4. The monoisotopic (exact) mass is 402 g/mol. The highest BCUT2D eigenvalue weighted by Crippen LogP contribution is 2.40. The minimum Gasteiger partial charge on any atom is -0.494 e. The van der Waals surface area contributed by atoms with Crippen molar-refractivity contribution in [3.63, 3.8) is 0 Å². The quantitative estimate of drug-likeness (QED) is 0.633. The Bertz CT molecular complexity index is 1120. The lowest BCUT2D eigenvalue weighted by Crippen LogP contribution is -2.28. The van der Waals surface area contributed by atoms with E-state index in [0.29, 0.717) is 29.2 Å². The van der Waals surface area contributed by atoms with Crippen LogP contribution in [0.4, 0.5) is 5.95 Å². The zero-order chi connectivity index (χ0) is 21.3. The Labute approximate surface area is 176 Å². The van der Waals surface area contributed by atoms with Gasteiger partial charge < -0.3 is 9.30 Å². The van der Waals surface area contributed by atoms with E-state index < -0.39 is 0 Å². The zero-order valence-corrected chi connectivity index (χ0v) is 17.6. The molecule has 0 atom stereocenters. The number of aromatic nitrogens is 2. The maximum Gasteiger partial charge on any atom is 0.227 e. The number of carbonyl (C=O) groups excluding carboxylic acids is 1. The molecule has 2 aromatic carbocycles. The number of nitriles is 1. The average molecular weight is 402 g/mol. The standard InChI is InChI=1S/C24H26N4O2/c1-24(2,17-8-5-4-6-9-17)14-21(29)26-23-27-22-19(28(23)18-10-7-11-18)12-16(15-25)13-20(22)30-3/h4-6,8-9,12-13,18H,7,10-11,14H2,1-3H3,(H,26,27,29). The van der Waals surface area contributed by atoms with E-state index in [1.807, 2.05) is 36.4 Å². The summed E-state index contributed by atoms with van der Waals surface area (Å²) in [5.41, 5.74) is 2.83. The first-order chi connectivity index (χ1) is 14.4. The molecule has 1 fully saturated rings. The second-order valence-electron chi connectivity index (χ2n) is 8.52. The van der Waals surface area contributed by atoms with E-state index in [-0.39, 0.29) is 17.4 Å². The highest BCUT2D eigenvalue weighted by molar-refractivity contribution is 5.94. The highest BCUT2D eigenvalue weighted by atomic mass is 16.5. The number of benzene rings is 2. The topological polar surface area (TPSA) is 79.9 Å². The summed E-state index contributed by atoms with van der Waals surface area (Å²) in [7, 11) is 1.57. The van der Waals surface area contributed by atoms with Gasteiger partial charge in [-0.1, -0.05) is 44.2 Å². The molecule has 154 valence electrons. The summed E-state index contributed by atoms with van der Waals surface area (Å²) in [6, 6.07) is 16.0. The average Bonchev–Trinajstić information content (AvgIpc) is 3.03. The number of hydrogen-bond acceptors (Lipinski definition) is 4. The van der Waals surface area contributed by atoms with Gasteiger partial charge in [-0.15, -0.1) is 0 Å². The summed E-state index contributed by atoms with van der Waals surface area (Å²) >= 11 is 0. The van der Waals surface area contributed by atoms with Crippen LogP contribution in [0.2, 0.25) is 0 Å². The second-order valence-corrected chi connectivity index (χ2v) is 8.52. The van der Waals surface area contributed by atoms with Crippen molar-refractivity contribution in [3.8, 4) is 11.8 Å². The fourth-order valence-corrected chi connectivity index (χ4v) is 4.05. The maximum atomic E-state index is 13.0. The summed E-state index contributed by atoms with van der Waals surface area (Å²) < 4.78 is 7.54. The van der Waals surface area contributed by atoms with Crippen LogP contribution in [-0.4, -0.2) is 22.6 Å². The predicted octanol–water partition coefficient (Wildman–Crippen LogP) is 4.95. The van der Waals surface area contributed by atoms with Crippen LogP contribution in [0.1, 0.15) is 56.7 Å². The first-order valence-electron chi connectivity index (χ1n) is 10.3. The van der Waals surface area contributed by atoms with Crippen molar-refractivity contribution in [2.24, 2.45) is 0 Å².